The van der Waals surface area contributed by atoms with Gasteiger partial charge in [0.25, 0.3) is 5.56 Å². The molecule has 0 fully saturated rings. The van der Waals surface area contributed by atoms with Gasteiger partial charge >= 0.3 is 0 Å². The van der Waals surface area contributed by atoms with Crippen LogP contribution in [0.15, 0.2) is 40.1 Å². The molecule has 1 aromatic heterocycles. The van der Waals surface area contributed by atoms with Crippen molar-refractivity contribution in [2.45, 2.75) is 19.5 Å². The fourth-order valence-corrected chi connectivity index (χ4v) is 2.45. The number of para-hydroxylation sites is 1. The van der Waals surface area contributed by atoms with Gasteiger partial charge in [0.05, 0.1) is 12.1 Å². The Labute approximate surface area is 140 Å². The van der Waals surface area contributed by atoms with Gasteiger partial charge in [0.2, 0.25) is 0 Å². The average Bonchev–Trinajstić information content (AvgIpc) is 2.87. The Morgan fingerprint density at radius 2 is 2.19 bits per heavy atom. The second kappa shape index (κ2) is 6.46. The van der Waals surface area contributed by atoms with Crippen LogP contribution < -0.4 is 16.2 Å². The molecule has 0 spiro atoms. The predicted molar refractivity (Wildman–Crippen MR) is 96.3 cm³/mol. The number of fused-ring (bicyclic) bond motifs is 1. The molecule has 6 heteroatoms. The topological polar surface area (TPSA) is 58.4 Å². The van der Waals surface area contributed by atoms with Crippen LogP contribution in [0.3, 0.4) is 0 Å². The number of guanidine groups is 1. The second-order valence-corrected chi connectivity index (χ2v) is 5.18. The molecule has 0 bridgehead atoms. The van der Waals surface area contributed by atoms with Crippen LogP contribution in [0.25, 0.3) is 10.9 Å². The molecule has 1 aromatic carbocycles. The third-order valence-electron chi connectivity index (χ3n) is 3.56. The maximum absolute atomic E-state index is 12.3. The SMILES string of the molecule is CC1CN=C(NCc2cc3ccccc3n(C)c2=O)N1.I. The summed E-state index contributed by atoms with van der Waals surface area (Å²) in [6.45, 7) is 3.33. The van der Waals surface area contributed by atoms with Crippen molar-refractivity contribution in [2.24, 2.45) is 12.0 Å². The molecule has 1 aliphatic rings. The number of nitrogens with zero attached hydrogens (tertiary/aromatic N) is 2. The number of rotatable bonds is 2. The molecule has 1 unspecified atom stereocenters. The highest BCUT2D eigenvalue weighted by atomic mass is 127. The molecule has 0 amide bonds. The molecule has 21 heavy (non-hydrogen) atoms. The van der Waals surface area contributed by atoms with Crippen molar-refractivity contribution in [1.82, 2.24) is 15.2 Å². The number of aliphatic imine (C=N–C) groups is 1. The minimum absolute atomic E-state index is 0. The lowest BCUT2D eigenvalue weighted by molar-refractivity contribution is 0.712. The first-order valence-electron chi connectivity index (χ1n) is 6.77. The van der Waals surface area contributed by atoms with Gasteiger partial charge in [-0.25, -0.2) is 0 Å². The lowest BCUT2D eigenvalue weighted by atomic mass is 10.1. The van der Waals surface area contributed by atoms with E-state index in [2.05, 4.69) is 22.5 Å². The zero-order valence-electron chi connectivity index (χ0n) is 12.1. The van der Waals surface area contributed by atoms with Crippen LogP contribution in [-0.2, 0) is 13.6 Å². The first-order valence-corrected chi connectivity index (χ1v) is 6.77. The summed E-state index contributed by atoms with van der Waals surface area (Å²) < 4.78 is 1.69. The van der Waals surface area contributed by atoms with Gasteiger partial charge in [-0.1, -0.05) is 18.2 Å². The van der Waals surface area contributed by atoms with Crippen LogP contribution >= 0.6 is 24.0 Å². The Bertz CT molecular complexity index is 738. The number of aryl methyl sites for hydroxylation is 1. The summed E-state index contributed by atoms with van der Waals surface area (Å²) in [6, 6.07) is 10.2. The van der Waals surface area contributed by atoms with E-state index in [1.165, 1.54) is 0 Å². The molecule has 1 aliphatic heterocycles. The van der Waals surface area contributed by atoms with E-state index in [1.807, 2.05) is 37.4 Å². The van der Waals surface area contributed by atoms with Crippen LogP contribution in [0.2, 0.25) is 0 Å². The molecule has 0 aliphatic carbocycles. The minimum atomic E-state index is 0. The van der Waals surface area contributed by atoms with E-state index < -0.39 is 0 Å². The highest BCUT2D eigenvalue weighted by Gasteiger charge is 2.13. The average molecular weight is 398 g/mol. The fraction of sp³-hybridized carbons (Fsp3) is 0.333. The Morgan fingerprint density at radius 3 is 2.90 bits per heavy atom. The smallest absolute Gasteiger partial charge is 0.255 e. The third kappa shape index (κ3) is 3.20. The Hall–Kier alpha value is -1.57. The van der Waals surface area contributed by atoms with E-state index in [4.69, 9.17) is 0 Å². The minimum Gasteiger partial charge on any atom is -0.352 e. The molecule has 0 saturated carbocycles. The number of hydrogen-bond donors (Lipinski definition) is 2. The van der Waals surface area contributed by atoms with E-state index in [1.54, 1.807) is 4.57 Å². The largest absolute Gasteiger partial charge is 0.352 e. The van der Waals surface area contributed by atoms with Gasteiger partial charge in [0.15, 0.2) is 5.96 Å². The van der Waals surface area contributed by atoms with Gasteiger partial charge in [-0.3, -0.25) is 9.79 Å². The quantitative estimate of drug-likeness (QED) is 0.756. The van der Waals surface area contributed by atoms with Crippen LogP contribution in [0, 0.1) is 0 Å². The highest BCUT2D eigenvalue weighted by molar-refractivity contribution is 14.0. The van der Waals surface area contributed by atoms with Crippen LogP contribution in [0.4, 0.5) is 0 Å². The summed E-state index contributed by atoms with van der Waals surface area (Å²) >= 11 is 0. The number of hydrogen-bond acceptors (Lipinski definition) is 4. The van der Waals surface area contributed by atoms with Crippen molar-refractivity contribution in [2.75, 3.05) is 6.54 Å². The molecule has 2 heterocycles. The van der Waals surface area contributed by atoms with E-state index in [9.17, 15) is 4.79 Å². The van der Waals surface area contributed by atoms with Crippen molar-refractivity contribution in [3.05, 3.63) is 46.2 Å². The molecule has 0 saturated heterocycles. The normalized spacial score (nSPS) is 17.0. The van der Waals surface area contributed by atoms with Crippen molar-refractivity contribution >= 4 is 40.8 Å². The summed E-state index contributed by atoms with van der Waals surface area (Å²) in [6.07, 6.45) is 0. The van der Waals surface area contributed by atoms with Crippen LogP contribution in [-0.4, -0.2) is 23.1 Å². The van der Waals surface area contributed by atoms with Gasteiger partial charge in [-0.2, -0.15) is 0 Å². The maximum Gasteiger partial charge on any atom is 0.255 e. The van der Waals surface area contributed by atoms with Crippen molar-refractivity contribution in [3.63, 3.8) is 0 Å². The Morgan fingerprint density at radius 1 is 1.43 bits per heavy atom. The predicted octanol–water partition coefficient (Wildman–Crippen LogP) is 1.59. The molecule has 112 valence electrons. The van der Waals surface area contributed by atoms with Crippen molar-refractivity contribution in [3.8, 4) is 0 Å². The molecule has 1 atom stereocenters. The van der Waals surface area contributed by atoms with Gasteiger partial charge in [0.1, 0.15) is 0 Å². The molecular weight excluding hydrogens is 379 g/mol. The van der Waals surface area contributed by atoms with Gasteiger partial charge in [-0.15, -0.1) is 24.0 Å². The molecule has 3 rings (SSSR count). The van der Waals surface area contributed by atoms with Crippen LogP contribution in [0.1, 0.15) is 12.5 Å². The molecule has 2 aromatic rings. The summed E-state index contributed by atoms with van der Waals surface area (Å²) in [4.78, 5) is 16.6. The Kier molecular flexibility index (Phi) is 4.87. The molecule has 2 N–H and O–H groups in total. The summed E-state index contributed by atoms with van der Waals surface area (Å²) in [5.41, 5.74) is 1.73. The summed E-state index contributed by atoms with van der Waals surface area (Å²) in [7, 11) is 1.81. The van der Waals surface area contributed by atoms with Gasteiger partial charge < -0.3 is 15.2 Å². The first-order chi connectivity index (χ1) is 9.65. The molecule has 0 radical (unpaired) electrons. The standard InChI is InChI=1S/C15H18N4O.HI/c1-10-8-16-15(18-10)17-9-12-7-11-5-3-4-6-13(11)19(2)14(12)20;/h3-7,10H,8-9H2,1-2H3,(H2,16,17,18);1H. The fourth-order valence-electron chi connectivity index (χ4n) is 2.45. The lowest BCUT2D eigenvalue weighted by Gasteiger charge is -2.11. The molecule has 5 nitrogen and oxygen atoms in total. The number of nitrogens with one attached hydrogen (secondary N) is 2. The zero-order chi connectivity index (χ0) is 14.1. The van der Waals surface area contributed by atoms with E-state index in [0.29, 0.717) is 12.6 Å². The molecular formula is C15H19IN4O. The van der Waals surface area contributed by atoms with Gasteiger partial charge in [0, 0.05) is 25.2 Å². The van der Waals surface area contributed by atoms with E-state index in [-0.39, 0.29) is 29.5 Å². The number of pyridine rings is 1. The Balaban J connectivity index is 0.00000161. The monoisotopic (exact) mass is 398 g/mol. The number of halogens is 1. The lowest BCUT2D eigenvalue weighted by Crippen LogP contribution is -2.38. The summed E-state index contributed by atoms with van der Waals surface area (Å²) in [5, 5.41) is 7.48. The second-order valence-electron chi connectivity index (χ2n) is 5.18. The van der Waals surface area contributed by atoms with Crippen LogP contribution in [0.5, 0.6) is 0 Å². The highest BCUT2D eigenvalue weighted by Crippen LogP contribution is 2.12. The van der Waals surface area contributed by atoms with E-state index >= 15 is 0 Å². The number of aromatic nitrogens is 1. The van der Waals surface area contributed by atoms with Crippen molar-refractivity contribution in [1.29, 1.82) is 0 Å². The number of benzene rings is 1. The first kappa shape index (κ1) is 15.8. The van der Waals surface area contributed by atoms with Crippen molar-refractivity contribution < 1.29 is 0 Å². The summed E-state index contributed by atoms with van der Waals surface area (Å²) in [5.74, 6) is 0.771. The van der Waals surface area contributed by atoms with E-state index in [0.717, 1.165) is 29.0 Å². The van der Waals surface area contributed by atoms with Gasteiger partial charge in [-0.05, 0) is 24.4 Å². The third-order valence-corrected chi connectivity index (χ3v) is 3.56. The maximum atomic E-state index is 12.3. The zero-order valence-corrected chi connectivity index (χ0v) is 14.4.